The second-order valence-electron chi connectivity index (χ2n) is 5.46. The van der Waals surface area contributed by atoms with E-state index in [-0.39, 0.29) is 11.9 Å². The van der Waals surface area contributed by atoms with Crippen LogP contribution in [-0.2, 0) is 11.4 Å². The highest BCUT2D eigenvalue weighted by molar-refractivity contribution is 6.01. The van der Waals surface area contributed by atoms with E-state index < -0.39 is 0 Å². The molecule has 120 valence electrons. The fourth-order valence-corrected chi connectivity index (χ4v) is 2.47. The summed E-state index contributed by atoms with van der Waals surface area (Å²) in [5.74, 6) is 0.608. The predicted octanol–water partition coefficient (Wildman–Crippen LogP) is 3.12. The van der Waals surface area contributed by atoms with E-state index in [9.17, 15) is 4.39 Å². The first-order chi connectivity index (χ1) is 11.2. The van der Waals surface area contributed by atoms with Crippen LogP contribution in [0.4, 0.5) is 4.39 Å². The average Bonchev–Trinajstić information content (AvgIpc) is 3.06. The summed E-state index contributed by atoms with van der Waals surface area (Å²) in [5, 5.41) is 7.48. The van der Waals surface area contributed by atoms with Crippen molar-refractivity contribution in [2.45, 2.75) is 19.1 Å². The third-order valence-electron chi connectivity index (χ3n) is 3.77. The smallest absolute Gasteiger partial charge is 0.145 e. The van der Waals surface area contributed by atoms with Gasteiger partial charge in [0.25, 0.3) is 0 Å². The molecule has 1 atom stereocenters. The van der Waals surface area contributed by atoms with Crippen LogP contribution < -0.4 is 10.1 Å². The number of ether oxygens (including phenoxy) is 1. The number of halogens is 1. The summed E-state index contributed by atoms with van der Waals surface area (Å²) in [6.07, 6.45) is 0.787. The van der Waals surface area contributed by atoms with Crippen molar-refractivity contribution in [1.29, 1.82) is 0 Å². The Kier molecular flexibility index (Phi) is 4.88. The van der Waals surface area contributed by atoms with Gasteiger partial charge in [-0.25, -0.2) is 4.39 Å². The Balaban J connectivity index is 1.46. The summed E-state index contributed by atoms with van der Waals surface area (Å²) in [4.78, 5) is 5.47. The molecule has 23 heavy (non-hydrogen) atoms. The highest BCUT2D eigenvalue weighted by Gasteiger charge is 2.21. The topological polar surface area (TPSA) is 42.9 Å². The molecule has 3 rings (SSSR count). The normalized spacial score (nSPS) is 16.8. The van der Waals surface area contributed by atoms with Crippen molar-refractivity contribution in [1.82, 2.24) is 5.32 Å². The molecule has 0 aromatic heterocycles. The van der Waals surface area contributed by atoms with Crippen LogP contribution >= 0.6 is 0 Å². The number of nitrogens with zero attached hydrogens (tertiary/aromatic N) is 1. The second kappa shape index (κ2) is 7.24. The molecule has 4 nitrogen and oxygen atoms in total. The van der Waals surface area contributed by atoms with Crippen molar-refractivity contribution in [3.8, 4) is 5.75 Å². The summed E-state index contributed by atoms with van der Waals surface area (Å²) in [6.45, 7) is 1.37. The van der Waals surface area contributed by atoms with E-state index in [1.165, 1.54) is 12.1 Å². The van der Waals surface area contributed by atoms with Gasteiger partial charge in [-0.3, -0.25) is 0 Å². The van der Waals surface area contributed by atoms with Crippen molar-refractivity contribution >= 4 is 5.71 Å². The van der Waals surface area contributed by atoms with Crippen LogP contribution in [0.15, 0.2) is 53.7 Å². The number of benzene rings is 2. The molecule has 2 aromatic rings. The van der Waals surface area contributed by atoms with Crippen molar-refractivity contribution in [3.05, 3.63) is 65.5 Å². The number of hydrogen-bond donors (Lipinski definition) is 1. The van der Waals surface area contributed by atoms with Crippen LogP contribution in [0.25, 0.3) is 0 Å². The quantitative estimate of drug-likeness (QED) is 0.891. The van der Waals surface area contributed by atoms with Gasteiger partial charge in [0.1, 0.15) is 17.7 Å². The molecule has 2 aromatic carbocycles. The summed E-state index contributed by atoms with van der Waals surface area (Å²) >= 11 is 0. The zero-order chi connectivity index (χ0) is 16.1. The molecular formula is C18H19FN2O2. The van der Waals surface area contributed by atoms with Crippen LogP contribution in [0.2, 0.25) is 0 Å². The van der Waals surface area contributed by atoms with Gasteiger partial charge >= 0.3 is 0 Å². The Morgan fingerprint density at radius 2 is 1.91 bits per heavy atom. The lowest BCUT2D eigenvalue weighted by Gasteiger charge is -2.10. The number of methoxy groups -OCH3 is 1. The summed E-state index contributed by atoms with van der Waals surface area (Å²) < 4.78 is 18.0. The Hall–Kier alpha value is -2.40. The van der Waals surface area contributed by atoms with Crippen molar-refractivity contribution in [2.24, 2.45) is 5.16 Å². The first-order valence-electron chi connectivity index (χ1n) is 7.57. The van der Waals surface area contributed by atoms with Gasteiger partial charge in [0.05, 0.1) is 12.8 Å². The van der Waals surface area contributed by atoms with E-state index >= 15 is 0 Å². The molecule has 0 spiro atoms. The second-order valence-corrected chi connectivity index (χ2v) is 5.46. The van der Waals surface area contributed by atoms with E-state index in [1.54, 1.807) is 19.2 Å². The Bertz CT molecular complexity index is 668. The minimum Gasteiger partial charge on any atom is -0.497 e. The van der Waals surface area contributed by atoms with Crippen LogP contribution in [0.3, 0.4) is 0 Å². The number of nitrogens with one attached hydrogen (secondary N) is 1. The van der Waals surface area contributed by atoms with E-state index in [0.29, 0.717) is 13.1 Å². The largest absolute Gasteiger partial charge is 0.497 e. The standard InChI is InChI=1S/C18H19FN2O2/c1-22-16-8-4-14(5-9-16)18-10-17(23-21-18)12-20-11-13-2-6-15(19)7-3-13/h2-9,17,20H,10-12H2,1H3. The Morgan fingerprint density at radius 1 is 1.17 bits per heavy atom. The Morgan fingerprint density at radius 3 is 2.61 bits per heavy atom. The monoisotopic (exact) mass is 314 g/mol. The fraction of sp³-hybridized carbons (Fsp3) is 0.278. The van der Waals surface area contributed by atoms with Crippen molar-refractivity contribution < 1.29 is 14.0 Å². The third kappa shape index (κ3) is 4.07. The van der Waals surface area contributed by atoms with Gasteiger partial charge in [-0.15, -0.1) is 0 Å². The molecule has 0 aliphatic carbocycles. The highest BCUT2D eigenvalue weighted by atomic mass is 19.1. The molecular weight excluding hydrogens is 295 g/mol. The first-order valence-corrected chi connectivity index (χ1v) is 7.57. The molecule has 1 N–H and O–H groups in total. The van der Waals surface area contributed by atoms with Gasteiger partial charge in [-0.1, -0.05) is 17.3 Å². The van der Waals surface area contributed by atoms with E-state index in [0.717, 1.165) is 29.0 Å². The number of oxime groups is 1. The summed E-state index contributed by atoms with van der Waals surface area (Å²) in [6, 6.07) is 14.3. The molecule has 0 saturated heterocycles. The maximum Gasteiger partial charge on any atom is 0.145 e. The molecule has 0 amide bonds. The molecule has 1 aliphatic heterocycles. The van der Waals surface area contributed by atoms with E-state index in [1.807, 2.05) is 24.3 Å². The van der Waals surface area contributed by atoms with Crippen LogP contribution in [0.1, 0.15) is 17.5 Å². The molecule has 0 radical (unpaired) electrons. The van der Waals surface area contributed by atoms with E-state index in [4.69, 9.17) is 9.57 Å². The molecule has 1 heterocycles. The van der Waals surface area contributed by atoms with Gasteiger partial charge in [0, 0.05) is 19.5 Å². The maximum absolute atomic E-state index is 12.8. The lowest BCUT2D eigenvalue weighted by molar-refractivity contribution is 0.0848. The zero-order valence-corrected chi connectivity index (χ0v) is 13.0. The lowest BCUT2D eigenvalue weighted by Crippen LogP contribution is -2.26. The third-order valence-corrected chi connectivity index (χ3v) is 3.77. The Labute approximate surface area is 134 Å². The highest BCUT2D eigenvalue weighted by Crippen LogP contribution is 2.19. The van der Waals surface area contributed by atoms with Crippen molar-refractivity contribution in [3.63, 3.8) is 0 Å². The van der Waals surface area contributed by atoms with E-state index in [2.05, 4.69) is 10.5 Å². The SMILES string of the molecule is COc1ccc(C2=NOC(CNCc3ccc(F)cc3)C2)cc1. The average molecular weight is 314 g/mol. The molecule has 0 saturated carbocycles. The van der Waals surface area contributed by atoms with Gasteiger partial charge in [-0.05, 0) is 47.5 Å². The lowest BCUT2D eigenvalue weighted by atomic mass is 10.0. The van der Waals surface area contributed by atoms with Crippen LogP contribution in [-0.4, -0.2) is 25.5 Å². The first kappa shape index (κ1) is 15.5. The summed E-state index contributed by atoms with van der Waals surface area (Å²) in [5.41, 5.74) is 3.04. The molecule has 0 fully saturated rings. The minimum atomic E-state index is -0.217. The van der Waals surface area contributed by atoms with Crippen LogP contribution in [0.5, 0.6) is 5.75 Å². The predicted molar refractivity (Wildman–Crippen MR) is 87.1 cm³/mol. The van der Waals surface area contributed by atoms with Crippen LogP contribution in [0, 0.1) is 5.82 Å². The number of hydrogen-bond acceptors (Lipinski definition) is 4. The molecule has 1 unspecified atom stereocenters. The van der Waals surface area contributed by atoms with Gasteiger partial charge in [-0.2, -0.15) is 0 Å². The van der Waals surface area contributed by atoms with Crippen molar-refractivity contribution in [2.75, 3.05) is 13.7 Å². The van der Waals surface area contributed by atoms with Gasteiger partial charge in [0.15, 0.2) is 0 Å². The zero-order valence-electron chi connectivity index (χ0n) is 13.0. The number of rotatable bonds is 6. The van der Waals surface area contributed by atoms with Gasteiger partial charge in [0.2, 0.25) is 0 Å². The fourth-order valence-electron chi connectivity index (χ4n) is 2.47. The summed E-state index contributed by atoms with van der Waals surface area (Å²) in [7, 11) is 1.65. The molecule has 5 heteroatoms. The van der Waals surface area contributed by atoms with Gasteiger partial charge < -0.3 is 14.9 Å². The molecule has 0 bridgehead atoms. The maximum atomic E-state index is 12.8. The minimum absolute atomic E-state index is 0.0209. The molecule has 1 aliphatic rings.